The Balaban J connectivity index is 2.04. The zero-order valence-corrected chi connectivity index (χ0v) is 15.4. The molecule has 5 nitrogen and oxygen atoms in total. The molecule has 0 aliphatic heterocycles. The molecule has 0 aromatic heterocycles. The van der Waals surface area contributed by atoms with Crippen molar-refractivity contribution in [2.24, 2.45) is 0 Å². The molecule has 0 radical (unpaired) electrons. The third-order valence-corrected chi connectivity index (χ3v) is 4.15. The summed E-state index contributed by atoms with van der Waals surface area (Å²) in [6.07, 6.45) is 0. The minimum Gasteiger partial charge on any atom is -0.497 e. The Morgan fingerprint density at radius 2 is 1.68 bits per heavy atom. The molecule has 25 heavy (non-hydrogen) atoms. The lowest BCUT2D eigenvalue weighted by Gasteiger charge is -2.23. The average Bonchev–Trinajstić information content (AvgIpc) is 2.59. The van der Waals surface area contributed by atoms with E-state index in [2.05, 4.69) is 5.32 Å². The number of halogens is 2. The van der Waals surface area contributed by atoms with Crippen LogP contribution in [0.2, 0.25) is 10.0 Å². The standard InChI is InChI=1S/C18H18Cl2N2O3/c1-12(23)22(18-15(19)4-3-5-16(18)20)11-17(24)21-10-13-6-8-14(25-2)9-7-13/h3-9H,10-11H2,1-2H3,(H,21,24). The van der Waals surface area contributed by atoms with Crippen LogP contribution in [-0.2, 0) is 16.1 Å². The SMILES string of the molecule is COc1ccc(CNC(=O)CN(C(C)=O)c2c(Cl)cccc2Cl)cc1. The summed E-state index contributed by atoms with van der Waals surface area (Å²) in [5.41, 5.74) is 1.25. The molecule has 0 heterocycles. The predicted octanol–water partition coefficient (Wildman–Crippen LogP) is 3.67. The molecule has 0 unspecified atom stereocenters. The van der Waals surface area contributed by atoms with Gasteiger partial charge in [0.15, 0.2) is 0 Å². The van der Waals surface area contributed by atoms with Crippen molar-refractivity contribution < 1.29 is 14.3 Å². The highest BCUT2D eigenvalue weighted by atomic mass is 35.5. The van der Waals surface area contributed by atoms with Gasteiger partial charge in [-0.1, -0.05) is 41.4 Å². The zero-order chi connectivity index (χ0) is 18.4. The smallest absolute Gasteiger partial charge is 0.240 e. The van der Waals surface area contributed by atoms with Crippen LogP contribution in [0.1, 0.15) is 12.5 Å². The number of hydrogen-bond donors (Lipinski definition) is 1. The average molecular weight is 381 g/mol. The van der Waals surface area contributed by atoms with Gasteiger partial charge < -0.3 is 15.0 Å². The maximum atomic E-state index is 12.2. The van der Waals surface area contributed by atoms with E-state index in [-0.39, 0.29) is 18.4 Å². The van der Waals surface area contributed by atoms with Crippen molar-refractivity contribution in [3.8, 4) is 5.75 Å². The van der Waals surface area contributed by atoms with E-state index in [4.69, 9.17) is 27.9 Å². The van der Waals surface area contributed by atoms with Crippen LogP contribution in [0.25, 0.3) is 0 Å². The van der Waals surface area contributed by atoms with E-state index in [1.165, 1.54) is 11.8 Å². The first-order valence-corrected chi connectivity index (χ1v) is 8.29. The first-order chi connectivity index (χ1) is 11.9. The van der Waals surface area contributed by atoms with Gasteiger partial charge in [-0.25, -0.2) is 0 Å². The first-order valence-electron chi connectivity index (χ1n) is 7.54. The van der Waals surface area contributed by atoms with Gasteiger partial charge in [0.1, 0.15) is 12.3 Å². The predicted molar refractivity (Wildman–Crippen MR) is 99.3 cm³/mol. The Kier molecular flexibility index (Phi) is 6.67. The number of carbonyl (C=O) groups excluding carboxylic acids is 2. The van der Waals surface area contributed by atoms with Gasteiger partial charge in [0.2, 0.25) is 11.8 Å². The van der Waals surface area contributed by atoms with Gasteiger partial charge in [0.05, 0.1) is 22.8 Å². The summed E-state index contributed by atoms with van der Waals surface area (Å²) in [5, 5.41) is 3.39. The van der Waals surface area contributed by atoms with E-state index < -0.39 is 0 Å². The number of carbonyl (C=O) groups is 2. The molecular weight excluding hydrogens is 363 g/mol. The second-order valence-electron chi connectivity index (χ2n) is 5.30. The van der Waals surface area contributed by atoms with Gasteiger partial charge in [-0.15, -0.1) is 0 Å². The number of methoxy groups -OCH3 is 1. The molecule has 2 rings (SSSR count). The van der Waals surface area contributed by atoms with E-state index in [0.717, 1.165) is 11.3 Å². The van der Waals surface area contributed by atoms with Crippen LogP contribution in [0.5, 0.6) is 5.75 Å². The molecule has 0 bridgehead atoms. The van der Waals surface area contributed by atoms with Crippen molar-refractivity contribution >= 4 is 40.7 Å². The van der Waals surface area contributed by atoms with Crippen LogP contribution in [0.15, 0.2) is 42.5 Å². The lowest BCUT2D eigenvalue weighted by Crippen LogP contribution is -2.39. The van der Waals surface area contributed by atoms with Crippen LogP contribution < -0.4 is 15.0 Å². The number of rotatable bonds is 6. The van der Waals surface area contributed by atoms with E-state index >= 15 is 0 Å². The third kappa shape index (κ3) is 5.11. The molecule has 132 valence electrons. The van der Waals surface area contributed by atoms with Gasteiger partial charge in [-0.3, -0.25) is 9.59 Å². The van der Waals surface area contributed by atoms with Gasteiger partial charge in [0.25, 0.3) is 0 Å². The second kappa shape index (κ2) is 8.74. The minimum atomic E-state index is -0.324. The van der Waals surface area contributed by atoms with Crippen LogP contribution in [0.4, 0.5) is 5.69 Å². The molecule has 0 fully saturated rings. The summed E-state index contributed by atoms with van der Waals surface area (Å²) in [7, 11) is 1.59. The number of hydrogen-bond acceptors (Lipinski definition) is 3. The van der Waals surface area contributed by atoms with Crippen molar-refractivity contribution in [3.63, 3.8) is 0 Å². The maximum Gasteiger partial charge on any atom is 0.240 e. The summed E-state index contributed by atoms with van der Waals surface area (Å²) in [6.45, 7) is 1.52. The number of benzene rings is 2. The quantitative estimate of drug-likeness (QED) is 0.831. The lowest BCUT2D eigenvalue weighted by molar-refractivity contribution is -0.123. The molecule has 0 spiro atoms. The van der Waals surface area contributed by atoms with Crippen molar-refractivity contribution in [1.29, 1.82) is 0 Å². The molecule has 0 atom stereocenters. The topological polar surface area (TPSA) is 58.6 Å². The van der Waals surface area contributed by atoms with Crippen molar-refractivity contribution in [1.82, 2.24) is 5.32 Å². The number of nitrogens with zero attached hydrogens (tertiary/aromatic N) is 1. The van der Waals surface area contributed by atoms with E-state index in [0.29, 0.717) is 22.3 Å². The molecule has 1 N–H and O–H groups in total. The lowest BCUT2D eigenvalue weighted by atomic mass is 10.2. The van der Waals surface area contributed by atoms with E-state index in [1.54, 1.807) is 25.3 Å². The summed E-state index contributed by atoms with van der Waals surface area (Å²) >= 11 is 12.3. The van der Waals surface area contributed by atoms with Crippen molar-refractivity contribution in [2.75, 3.05) is 18.6 Å². The Morgan fingerprint density at radius 1 is 1.08 bits per heavy atom. The molecule has 2 aromatic rings. The highest BCUT2D eigenvalue weighted by molar-refractivity contribution is 6.40. The van der Waals surface area contributed by atoms with Crippen LogP contribution in [-0.4, -0.2) is 25.5 Å². The zero-order valence-electron chi connectivity index (χ0n) is 13.9. The Morgan fingerprint density at radius 3 is 2.20 bits per heavy atom. The van der Waals surface area contributed by atoms with Gasteiger partial charge >= 0.3 is 0 Å². The molecule has 7 heteroatoms. The Hall–Kier alpha value is -2.24. The maximum absolute atomic E-state index is 12.2. The normalized spacial score (nSPS) is 10.2. The van der Waals surface area contributed by atoms with Crippen LogP contribution >= 0.6 is 23.2 Å². The van der Waals surface area contributed by atoms with Crippen LogP contribution in [0.3, 0.4) is 0 Å². The van der Waals surface area contributed by atoms with Crippen molar-refractivity contribution in [2.45, 2.75) is 13.5 Å². The summed E-state index contributed by atoms with van der Waals surface area (Å²) in [5.74, 6) is 0.0998. The molecule has 0 saturated carbocycles. The van der Waals surface area contributed by atoms with E-state index in [9.17, 15) is 9.59 Å². The fourth-order valence-corrected chi connectivity index (χ4v) is 2.84. The molecule has 2 aromatic carbocycles. The number of amides is 2. The third-order valence-electron chi connectivity index (χ3n) is 3.54. The Labute approximate surface area is 156 Å². The van der Waals surface area contributed by atoms with E-state index in [1.807, 2.05) is 24.3 Å². The molecular formula is C18H18Cl2N2O3. The summed E-state index contributed by atoms with van der Waals surface area (Å²) in [6, 6.07) is 12.2. The van der Waals surface area contributed by atoms with Gasteiger partial charge in [-0.05, 0) is 29.8 Å². The van der Waals surface area contributed by atoms with Gasteiger partial charge in [0, 0.05) is 13.5 Å². The van der Waals surface area contributed by atoms with Gasteiger partial charge in [-0.2, -0.15) is 0 Å². The summed E-state index contributed by atoms with van der Waals surface area (Å²) < 4.78 is 5.09. The Bertz CT molecular complexity index is 743. The summed E-state index contributed by atoms with van der Waals surface area (Å²) in [4.78, 5) is 25.4. The number of ether oxygens (including phenoxy) is 1. The van der Waals surface area contributed by atoms with Crippen LogP contribution in [0, 0.1) is 0 Å². The highest BCUT2D eigenvalue weighted by Crippen LogP contribution is 2.33. The minimum absolute atomic E-state index is 0.172. The molecule has 0 saturated heterocycles. The largest absolute Gasteiger partial charge is 0.497 e. The van der Waals surface area contributed by atoms with Crippen molar-refractivity contribution in [3.05, 3.63) is 58.1 Å². The monoisotopic (exact) mass is 380 g/mol. The fourth-order valence-electron chi connectivity index (χ4n) is 2.24. The number of para-hydroxylation sites is 1. The first kappa shape index (κ1) is 19.1. The number of anilines is 1. The molecule has 2 amide bonds. The highest BCUT2D eigenvalue weighted by Gasteiger charge is 2.20. The fraction of sp³-hybridized carbons (Fsp3) is 0.222. The molecule has 0 aliphatic carbocycles. The second-order valence-corrected chi connectivity index (χ2v) is 6.11. The number of nitrogens with one attached hydrogen (secondary N) is 1. The molecule has 0 aliphatic rings.